The summed E-state index contributed by atoms with van der Waals surface area (Å²) in [4.78, 5) is 31.4. The second-order valence-corrected chi connectivity index (χ2v) is 8.39. The highest BCUT2D eigenvalue weighted by atomic mass is 79.9. The van der Waals surface area contributed by atoms with Gasteiger partial charge in [-0.25, -0.2) is 4.98 Å². The van der Waals surface area contributed by atoms with Crippen LogP contribution in [0.2, 0.25) is 5.02 Å². The molecule has 8 heteroatoms. The van der Waals surface area contributed by atoms with Crippen molar-refractivity contribution in [3.63, 3.8) is 0 Å². The summed E-state index contributed by atoms with van der Waals surface area (Å²) >= 11 is 9.22. The van der Waals surface area contributed by atoms with E-state index in [2.05, 4.69) is 26.2 Å². The molecule has 2 aromatic carbocycles. The molecule has 0 atom stereocenters. The number of hydrogen-bond acceptors (Lipinski definition) is 4. The molecule has 3 aromatic rings. The quantitative estimate of drug-likeness (QED) is 0.282. The number of rotatable bonds is 6. The van der Waals surface area contributed by atoms with Crippen molar-refractivity contribution in [2.75, 3.05) is 19.4 Å². The molecule has 31 heavy (non-hydrogen) atoms. The fourth-order valence-electron chi connectivity index (χ4n) is 2.89. The van der Waals surface area contributed by atoms with Gasteiger partial charge < -0.3 is 10.2 Å². The third-order valence-corrected chi connectivity index (χ3v) is 5.28. The van der Waals surface area contributed by atoms with E-state index >= 15 is 0 Å². The number of halogens is 2. The summed E-state index contributed by atoms with van der Waals surface area (Å²) in [6.07, 6.45) is 1.51. The molecule has 3 rings (SSSR count). The Morgan fingerprint density at radius 3 is 2.35 bits per heavy atom. The van der Waals surface area contributed by atoms with Crippen LogP contribution in [0, 0.1) is 5.41 Å². The van der Waals surface area contributed by atoms with E-state index in [1.807, 2.05) is 0 Å². The minimum absolute atomic E-state index is 0.0640. The van der Waals surface area contributed by atoms with E-state index in [0.717, 1.165) is 10.0 Å². The molecule has 0 spiro atoms. The summed E-state index contributed by atoms with van der Waals surface area (Å²) < 4.78 is 0.726. The maximum atomic E-state index is 12.9. The van der Waals surface area contributed by atoms with Gasteiger partial charge in [0.2, 0.25) is 0 Å². The lowest BCUT2D eigenvalue weighted by Gasteiger charge is -2.14. The zero-order valence-corrected chi connectivity index (χ0v) is 19.3. The molecular formula is C23H20BrClN4O2. The van der Waals surface area contributed by atoms with Gasteiger partial charge in [-0.2, -0.15) is 0 Å². The maximum Gasteiger partial charge on any atom is 0.257 e. The average Bonchev–Trinajstić information content (AvgIpc) is 2.76. The van der Waals surface area contributed by atoms with E-state index in [-0.39, 0.29) is 18.1 Å². The highest BCUT2D eigenvalue weighted by molar-refractivity contribution is 9.10. The summed E-state index contributed by atoms with van der Waals surface area (Å²) in [5.41, 5.74) is 2.22. The van der Waals surface area contributed by atoms with Crippen molar-refractivity contribution in [3.05, 3.63) is 92.5 Å². The maximum absolute atomic E-state index is 12.9. The summed E-state index contributed by atoms with van der Waals surface area (Å²) in [6.45, 7) is 0. The topological polar surface area (TPSA) is 86.2 Å². The van der Waals surface area contributed by atoms with Crippen LogP contribution in [0.25, 0.3) is 0 Å². The van der Waals surface area contributed by atoms with E-state index in [0.29, 0.717) is 33.4 Å². The largest absolute Gasteiger partial charge is 0.363 e. The third-order valence-electron chi connectivity index (χ3n) is 4.56. The van der Waals surface area contributed by atoms with E-state index in [1.54, 1.807) is 73.6 Å². The van der Waals surface area contributed by atoms with E-state index in [9.17, 15) is 9.59 Å². The van der Waals surface area contributed by atoms with Crippen LogP contribution in [0.15, 0.2) is 65.3 Å². The zero-order valence-electron chi connectivity index (χ0n) is 16.9. The Labute approximate surface area is 193 Å². The fourth-order valence-corrected chi connectivity index (χ4v) is 3.37. The normalized spacial score (nSPS) is 10.5. The predicted molar refractivity (Wildman–Crippen MR) is 126 cm³/mol. The zero-order chi connectivity index (χ0) is 22.5. The van der Waals surface area contributed by atoms with Crippen LogP contribution in [0.4, 0.5) is 5.82 Å². The Hall–Kier alpha value is -3.03. The summed E-state index contributed by atoms with van der Waals surface area (Å²) in [5, 5.41) is 11.2. The molecule has 2 N–H and O–H groups in total. The number of hydrogen-bond donors (Lipinski definition) is 2. The van der Waals surface area contributed by atoms with E-state index < -0.39 is 0 Å². The number of pyridine rings is 1. The minimum Gasteiger partial charge on any atom is -0.363 e. The smallest absolute Gasteiger partial charge is 0.257 e. The molecule has 1 heterocycles. The first kappa shape index (κ1) is 22.7. The second-order valence-electron chi connectivity index (χ2n) is 7.04. The number of anilines is 1. The van der Waals surface area contributed by atoms with Crippen molar-refractivity contribution in [1.29, 1.82) is 5.41 Å². The molecule has 0 aliphatic heterocycles. The van der Waals surface area contributed by atoms with Crippen molar-refractivity contribution < 1.29 is 9.59 Å². The number of aromatic nitrogens is 1. The Bertz CT molecular complexity index is 1130. The van der Waals surface area contributed by atoms with Gasteiger partial charge in [-0.15, -0.1) is 0 Å². The Kier molecular flexibility index (Phi) is 7.20. The van der Waals surface area contributed by atoms with Crippen LogP contribution >= 0.6 is 27.5 Å². The summed E-state index contributed by atoms with van der Waals surface area (Å²) in [5.74, 6) is 0.241. The van der Waals surface area contributed by atoms with Gasteiger partial charge >= 0.3 is 0 Å². The second kappa shape index (κ2) is 9.85. The number of benzene rings is 2. The molecule has 0 unspecified atom stereocenters. The van der Waals surface area contributed by atoms with Gasteiger partial charge in [0.25, 0.3) is 5.91 Å². The molecule has 158 valence electrons. The molecule has 0 saturated heterocycles. The number of carbonyl (C=O) groups excluding carboxylic acids is 2. The molecule has 6 nitrogen and oxygen atoms in total. The van der Waals surface area contributed by atoms with Gasteiger partial charge in [0.15, 0.2) is 5.78 Å². The third kappa shape index (κ3) is 5.77. The van der Waals surface area contributed by atoms with Crippen molar-refractivity contribution in [2.24, 2.45) is 0 Å². The number of Topliss-reactive ketones (excluding diaryl/α,β-unsaturated/α-hetero) is 1. The number of amides is 1. The van der Waals surface area contributed by atoms with Crippen molar-refractivity contribution in [1.82, 2.24) is 9.88 Å². The SMILES string of the molecule is CN(C)C(=N)c1ccc(C(=O)Cc2ccc(Br)cc2C(=O)Nc2ccc(Cl)cn2)cc1. The number of nitrogens with one attached hydrogen (secondary N) is 2. The average molecular weight is 500 g/mol. The number of ketones is 1. The van der Waals surface area contributed by atoms with Crippen molar-refractivity contribution in [3.8, 4) is 0 Å². The van der Waals surface area contributed by atoms with Crippen LogP contribution in [0.3, 0.4) is 0 Å². The molecule has 1 amide bonds. The van der Waals surface area contributed by atoms with Crippen LogP contribution in [0.5, 0.6) is 0 Å². The Morgan fingerprint density at radius 2 is 1.74 bits per heavy atom. The van der Waals surface area contributed by atoms with Gasteiger partial charge in [-0.05, 0) is 29.8 Å². The molecule has 0 fully saturated rings. The van der Waals surface area contributed by atoms with E-state index in [4.69, 9.17) is 17.0 Å². The van der Waals surface area contributed by atoms with Crippen molar-refractivity contribution >= 4 is 50.9 Å². The first-order valence-corrected chi connectivity index (χ1v) is 10.5. The molecular weight excluding hydrogens is 480 g/mol. The molecule has 0 aliphatic carbocycles. The first-order valence-electron chi connectivity index (χ1n) is 9.35. The molecule has 0 bridgehead atoms. The molecule has 0 radical (unpaired) electrons. The van der Waals surface area contributed by atoms with Crippen LogP contribution in [-0.4, -0.2) is 41.5 Å². The first-order chi connectivity index (χ1) is 14.7. The van der Waals surface area contributed by atoms with Crippen molar-refractivity contribution in [2.45, 2.75) is 6.42 Å². The van der Waals surface area contributed by atoms with Gasteiger partial charge in [0.05, 0.1) is 5.02 Å². The lowest BCUT2D eigenvalue weighted by molar-refractivity contribution is 0.0992. The Morgan fingerprint density at radius 1 is 1.06 bits per heavy atom. The van der Waals surface area contributed by atoms with Crippen LogP contribution in [0.1, 0.15) is 31.8 Å². The molecule has 0 aliphatic rings. The van der Waals surface area contributed by atoms with Gasteiger partial charge in [0, 0.05) is 47.9 Å². The van der Waals surface area contributed by atoms with Crippen LogP contribution < -0.4 is 5.32 Å². The number of nitrogens with zero attached hydrogens (tertiary/aromatic N) is 2. The number of carbonyl (C=O) groups is 2. The predicted octanol–water partition coefficient (Wildman–Crippen LogP) is 5.06. The summed E-state index contributed by atoms with van der Waals surface area (Å²) in [7, 11) is 3.59. The standard InChI is InChI=1S/C23H20BrClN4O2/c1-29(2)22(26)15-5-3-14(4-6-15)20(30)11-16-7-8-17(24)12-19(16)23(31)28-21-10-9-18(25)13-27-21/h3-10,12-13,26H,11H2,1-2H3,(H,27,28,31). The van der Waals surface area contributed by atoms with Gasteiger partial charge in [0.1, 0.15) is 11.7 Å². The summed E-state index contributed by atoms with van der Waals surface area (Å²) in [6, 6.07) is 15.4. The van der Waals surface area contributed by atoms with Gasteiger partial charge in [-0.3, -0.25) is 15.0 Å². The lowest BCUT2D eigenvalue weighted by atomic mass is 9.97. The Balaban J connectivity index is 1.80. The highest BCUT2D eigenvalue weighted by Gasteiger charge is 2.17. The van der Waals surface area contributed by atoms with Gasteiger partial charge in [-0.1, -0.05) is 57.9 Å². The fraction of sp³-hybridized carbons (Fsp3) is 0.130. The monoisotopic (exact) mass is 498 g/mol. The molecule has 1 aromatic heterocycles. The minimum atomic E-state index is -0.367. The number of amidine groups is 1. The van der Waals surface area contributed by atoms with E-state index in [1.165, 1.54) is 6.20 Å². The van der Waals surface area contributed by atoms with Crippen LogP contribution in [-0.2, 0) is 6.42 Å². The highest BCUT2D eigenvalue weighted by Crippen LogP contribution is 2.21. The lowest BCUT2D eigenvalue weighted by Crippen LogP contribution is -2.21. The molecule has 0 saturated carbocycles.